The summed E-state index contributed by atoms with van der Waals surface area (Å²) in [4.78, 5) is 16.6. The summed E-state index contributed by atoms with van der Waals surface area (Å²) in [5.74, 6) is 1.05. The Morgan fingerprint density at radius 3 is 2.64 bits per heavy atom. The zero-order valence-electron chi connectivity index (χ0n) is 15.5. The zero-order valence-corrected chi connectivity index (χ0v) is 15.5. The van der Waals surface area contributed by atoms with Gasteiger partial charge in [-0.2, -0.15) is 10.2 Å². The van der Waals surface area contributed by atoms with Crippen LogP contribution in [0.4, 0.5) is 10.6 Å². The number of carbonyl (C=O) groups excluding carboxylic acids is 1. The molecule has 0 aliphatic rings. The van der Waals surface area contributed by atoms with Crippen LogP contribution in [0, 0.1) is 6.92 Å². The molecule has 0 bridgehead atoms. The molecule has 0 spiro atoms. The van der Waals surface area contributed by atoms with Gasteiger partial charge in [0.1, 0.15) is 5.82 Å². The smallest absolute Gasteiger partial charge is 0.320 e. The number of anilines is 1. The third kappa shape index (κ3) is 3.66. The highest BCUT2D eigenvalue weighted by atomic mass is 16.2. The number of aromatic nitrogens is 5. The fourth-order valence-corrected chi connectivity index (χ4v) is 2.86. The van der Waals surface area contributed by atoms with Gasteiger partial charge in [0.15, 0.2) is 5.82 Å². The van der Waals surface area contributed by atoms with E-state index in [-0.39, 0.29) is 12.1 Å². The molecular formula is C20H19N7O. The predicted octanol–water partition coefficient (Wildman–Crippen LogP) is 3.40. The molecule has 3 heterocycles. The summed E-state index contributed by atoms with van der Waals surface area (Å²) in [5.41, 5.74) is 2.64. The Morgan fingerprint density at radius 1 is 1.07 bits per heavy atom. The van der Waals surface area contributed by atoms with E-state index in [2.05, 4.69) is 30.9 Å². The highest BCUT2D eigenvalue weighted by molar-refractivity contribution is 5.91. The van der Waals surface area contributed by atoms with Gasteiger partial charge in [-0.25, -0.2) is 14.5 Å². The number of urea groups is 1. The van der Waals surface area contributed by atoms with Gasteiger partial charge >= 0.3 is 6.03 Å². The summed E-state index contributed by atoms with van der Waals surface area (Å²) >= 11 is 0. The molecule has 0 aliphatic carbocycles. The van der Waals surface area contributed by atoms with E-state index in [0.29, 0.717) is 11.6 Å². The van der Waals surface area contributed by atoms with Crippen molar-refractivity contribution in [2.24, 2.45) is 0 Å². The number of hydrogen-bond donors (Lipinski definition) is 2. The van der Waals surface area contributed by atoms with E-state index >= 15 is 0 Å². The van der Waals surface area contributed by atoms with Crippen LogP contribution in [-0.2, 0) is 0 Å². The van der Waals surface area contributed by atoms with Crippen molar-refractivity contribution in [2.45, 2.75) is 19.9 Å². The van der Waals surface area contributed by atoms with Gasteiger partial charge in [-0.05, 0) is 37.6 Å². The third-order valence-corrected chi connectivity index (χ3v) is 4.34. The highest BCUT2D eigenvalue weighted by Crippen LogP contribution is 2.19. The molecule has 2 N–H and O–H groups in total. The molecule has 1 atom stereocenters. The Bertz CT molecular complexity index is 1110. The summed E-state index contributed by atoms with van der Waals surface area (Å²) in [6.45, 7) is 3.80. The minimum atomic E-state index is -0.319. The maximum atomic E-state index is 12.3. The summed E-state index contributed by atoms with van der Waals surface area (Å²) < 4.78 is 1.66. The largest absolute Gasteiger partial charge is 0.331 e. The van der Waals surface area contributed by atoms with Crippen molar-refractivity contribution in [1.29, 1.82) is 0 Å². The van der Waals surface area contributed by atoms with E-state index in [1.165, 1.54) is 0 Å². The summed E-state index contributed by atoms with van der Waals surface area (Å²) in [5, 5.41) is 19.1. The second-order valence-electron chi connectivity index (χ2n) is 6.45. The average Bonchev–Trinajstić information content (AvgIpc) is 3.12. The van der Waals surface area contributed by atoms with Gasteiger partial charge in [-0.3, -0.25) is 5.32 Å². The number of nitrogens with one attached hydrogen (secondary N) is 2. The van der Waals surface area contributed by atoms with Gasteiger partial charge in [-0.15, -0.1) is 5.10 Å². The maximum absolute atomic E-state index is 12.3. The van der Waals surface area contributed by atoms with Gasteiger partial charge in [0.2, 0.25) is 0 Å². The first kappa shape index (κ1) is 17.6. The number of carbonyl (C=O) groups is 1. The average molecular weight is 373 g/mol. The van der Waals surface area contributed by atoms with Crippen LogP contribution in [0.5, 0.6) is 0 Å². The van der Waals surface area contributed by atoms with Gasteiger partial charge in [-0.1, -0.05) is 30.3 Å². The summed E-state index contributed by atoms with van der Waals surface area (Å²) in [7, 11) is 0. The first-order chi connectivity index (χ1) is 13.6. The van der Waals surface area contributed by atoms with Gasteiger partial charge in [0, 0.05) is 5.39 Å². The van der Waals surface area contributed by atoms with E-state index in [9.17, 15) is 4.79 Å². The SMILES string of the molecule is Cc1ccc(-n2ncc3cc(NC(=O)NC(C)c4ccccc4)ncc32)nn1. The molecule has 0 saturated carbocycles. The standard InChI is InChI=1S/C20H19N7O/c1-13-8-9-19(26-25-13)27-17-12-21-18(10-16(17)11-22-27)24-20(28)23-14(2)15-6-4-3-5-7-15/h3-12,14H,1-2H3,(H2,21,23,24,28). The summed E-state index contributed by atoms with van der Waals surface area (Å²) in [6.07, 6.45) is 3.36. The fourth-order valence-electron chi connectivity index (χ4n) is 2.86. The Hall–Kier alpha value is -3.81. The molecule has 0 saturated heterocycles. The number of benzene rings is 1. The van der Waals surface area contributed by atoms with Crippen LogP contribution in [0.25, 0.3) is 16.7 Å². The van der Waals surface area contributed by atoms with Crippen molar-refractivity contribution in [3.05, 3.63) is 72.2 Å². The molecule has 3 aromatic heterocycles. The molecule has 0 aliphatic heterocycles. The minimum Gasteiger partial charge on any atom is -0.331 e. The quantitative estimate of drug-likeness (QED) is 0.571. The third-order valence-electron chi connectivity index (χ3n) is 4.34. The minimum absolute atomic E-state index is 0.118. The first-order valence-corrected chi connectivity index (χ1v) is 8.87. The molecule has 28 heavy (non-hydrogen) atoms. The number of amides is 2. The van der Waals surface area contributed by atoms with Crippen LogP contribution in [0.3, 0.4) is 0 Å². The molecule has 4 aromatic rings. The highest BCUT2D eigenvalue weighted by Gasteiger charge is 2.12. The van der Waals surface area contributed by atoms with E-state index < -0.39 is 0 Å². The molecule has 4 rings (SSSR count). The van der Waals surface area contributed by atoms with Gasteiger partial charge in [0.25, 0.3) is 0 Å². The number of rotatable bonds is 4. The van der Waals surface area contributed by atoms with Crippen molar-refractivity contribution in [2.75, 3.05) is 5.32 Å². The van der Waals surface area contributed by atoms with E-state index in [0.717, 1.165) is 22.2 Å². The van der Waals surface area contributed by atoms with Crippen LogP contribution in [-0.4, -0.2) is 31.0 Å². The van der Waals surface area contributed by atoms with E-state index in [4.69, 9.17) is 0 Å². The van der Waals surface area contributed by atoms with Crippen LogP contribution in [0.2, 0.25) is 0 Å². The lowest BCUT2D eigenvalue weighted by Gasteiger charge is -2.14. The molecule has 1 aromatic carbocycles. The Balaban J connectivity index is 1.49. The fraction of sp³-hybridized carbons (Fsp3) is 0.150. The molecule has 0 fully saturated rings. The number of hydrogen-bond acceptors (Lipinski definition) is 5. The van der Waals surface area contributed by atoms with Gasteiger partial charge < -0.3 is 5.32 Å². The number of nitrogens with zero attached hydrogens (tertiary/aromatic N) is 5. The molecule has 140 valence electrons. The summed E-state index contributed by atoms with van der Waals surface area (Å²) in [6, 6.07) is 14.8. The second-order valence-corrected chi connectivity index (χ2v) is 6.45. The van der Waals surface area contributed by atoms with Crippen molar-refractivity contribution < 1.29 is 4.79 Å². The molecular weight excluding hydrogens is 354 g/mol. The topological polar surface area (TPSA) is 97.6 Å². The molecule has 1 unspecified atom stereocenters. The lowest BCUT2D eigenvalue weighted by atomic mass is 10.1. The lowest BCUT2D eigenvalue weighted by molar-refractivity contribution is 0.249. The number of pyridine rings is 1. The van der Waals surface area contributed by atoms with Crippen molar-refractivity contribution in [1.82, 2.24) is 30.3 Å². The van der Waals surface area contributed by atoms with Crippen molar-refractivity contribution in [3.63, 3.8) is 0 Å². The van der Waals surface area contributed by atoms with Crippen LogP contribution >= 0.6 is 0 Å². The maximum Gasteiger partial charge on any atom is 0.320 e. The van der Waals surface area contributed by atoms with Crippen LogP contribution < -0.4 is 10.6 Å². The van der Waals surface area contributed by atoms with E-state index in [1.54, 1.807) is 23.1 Å². The molecule has 2 amide bonds. The predicted molar refractivity (Wildman–Crippen MR) is 106 cm³/mol. The van der Waals surface area contributed by atoms with Crippen molar-refractivity contribution in [3.8, 4) is 5.82 Å². The molecule has 8 nitrogen and oxygen atoms in total. The van der Waals surface area contributed by atoms with Crippen LogP contribution in [0.1, 0.15) is 24.2 Å². The monoisotopic (exact) mass is 373 g/mol. The molecule has 0 radical (unpaired) electrons. The second kappa shape index (κ2) is 7.43. The number of aryl methyl sites for hydroxylation is 1. The number of fused-ring (bicyclic) bond motifs is 1. The molecule has 8 heteroatoms. The first-order valence-electron chi connectivity index (χ1n) is 8.87. The Kier molecular flexibility index (Phi) is 4.67. The Labute approximate surface area is 161 Å². The van der Waals surface area contributed by atoms with Crippen LogP contribution in [0.15, 0.2) is 60.9 Å². The Morgan fingerprint density at radius 2 is 1.89 bits per heavy atom. The van der Waals surface area contributed by atoms with Crippen molar-refractivity contribution >= 4 is 22.8 Å². The van der Waals surface area contributed by atoms with E-state index in [1.807, 2.05) is 56.3 Å². The normalized spacial score (nSPS) is 11.9. The zero-order chi connectivity index (χ0) is 19.5. The lowest BCUT2D eigenvalue weighted by Crippen LogP contribution is -2.31. The van der Waals surface area contributed by atoms with Gasteiger partial charge in [0.05, 0.1) is 29.6 Å².